The summed E-state index contributed by atoms with van der Waals surface area (Å²) in [6.07, 6.45) is 3.27. The van der Waals surface area contributed by atoms with Crippen LogP contribution in [0.5, 0.6) is 0 Å². The van der Waals surface area contributed by atoms with E-state index in [1.807, 2.05) is 12.1 Å². The number of rotatable bonds is 3. The van der Waals surface area contributed by atoms with Crippen LogP contribution in [0.2, 0.25) is 0 Å². The minimum absolute atomic E-state index is 0.200. The molecule has 3 aromatic rings. The third-order valence-electron chi connectivity index (χ3n) is 4.33. The van der Waals surface area contributed by atoms with E-state index < -0.39 is 0 Å². The molecule has 3 rings (SSSR count). The molecule has 0 aliphatic heterocycles. The number of aryl methyl sites for hydroxylation is 1. The topological polar surface area (TPSA) is 0 Å². The van der Waals surface area contributed by atoms with Crippen molar-refractivity contribution in [2.75, 3.05) is 0 Å². The molecule has 116 valence electrons. The number of halogens is 1. The van der Waals surface area contributed by atoms with Gasteiger partial charge in [0.25, 0.3) is 0 Å². The summed E-state index contributed by atoms with van der Waals surface area (Å²) < 4.78 is 13.3. The van der Waals surface area contributed by atoms with E-state index in [4.69, 9.17) is 0 Å². The zero-order chi connectivity index (χ0) is 16.4. The van der Waals surface area contributed by atoms with E-state index >= 15 is 0 Å². The van der Waals surface area contributed by atoms with Crippen LogP contribution in [0, 0.1) is 12.7 Å². The molecular formula is C22H21F. The first-order valence-corrected chi connectivity index (χ1v) is 8.06. The van der Waals surface area contributed by atoms with Gasteiger partial charge in [0.1, 0.15) is 5.82 Å². The lowest BCUT2D eigenvalue weighted by molar-refractivity contribution is 0.628. The lowest BCUT2D eigenvalue weighted by Gasteiger charge is -2.13. The van der Waals surface area contributed by atoms with Crippen molar-refractivity contribution in [1.82, 2.24) is 0 Å². The van der Waals surface area contributed by atoms with Gasteiger partial charge >= 0.3 is 0 Å². The Morgan fingerprint density at radius 1 is 1.00 bits per heavy atom. The molecule has 0 unspecified atom stereocenters. The molecule has 1 heteroatoms. The molecule has 3 aromatic carbocycles. The Hall–Kier alpha value is -2.41. The zero-order valence-electron chi connectivity index (χ0n) is 13.9. The van der Waals surface area contributed by atoms with E-state index in [-0.39, 0.29) is 5.82 Å². The first-order chi connectivity index (χ1) is 11.1. The maximum atomic E-state index is 13.3. The summed E-state index contributed by atoms with van der Waals surface area (Å²) in [6, 6.07) is 17.7. The Labute approximate surface area is 137 Å². The van der Waals surface area contributed by atoms with Gasteiger partial charge in [-0.15, -0.1) is 0 Å². The third kappa shape index (κ3) is 3.05. The molecule has 0 radical (unpaired) electrons. The van der Waals surface area contributed by atoms with E-state index in [0.717, 1.165) is 12.0 Å². The fraction of sp³-hybridized carbons (Fsp3) is 0.182. The molecule has 0 amide bonds. The first kappa shape index (κ1) is 15.5. The van der Waals surface area contributed by atoms with Crippen molar-refractivity contribution in [2.45, 2.75) is 27.2 Å². The Morgan fingerprint density at radius 2 is 1.70 bits per heavy atom. The summed E-state index contributed by atoms with van der Waals surface area (Å²) in [7, 11) is 0. The second kappa shape index (κ2) is 6.37. The van der Waals surface area contributed by atoms with Gasteiger partial charge in [-0.25, -0.2) is 4.39 Å². The molecule has 0 aliphatic carbocycles. The minimum Gasteiger partial charge on any atom is -0.207 e. The van der Waals surface area contributed by atoms with Crippen molar-refractivity contribution in [3.05, 3.63) is 77.6 Å². The molecule has 0 saturated carbocycles. The summed E-state index contributed by atoms with van der Waals surface area (Å²) in [5.41, 5.74) is 5.99. The smallest absolute Gasteiger partial charge is 0.123 e. The average Bonchev–Trinajstić information content (AvgIpc) is 2.55. The summed E-state index contributed by atoms with van der Waals surface area (Å²) in [6.45, 7) is 6.41. The van der Waals surface area contributed by atoms with Gasteiger partial charge in [0.15, 0.2) is 0 Å². The van der Waals surface area contributed by atoms with Crippen LogP contribution in [0.3, 0.4) is 0 Å². The highest BCUT2D eigenvalue weighted by molar-refractivity contribution is 5.99. The number of allylic oxidation sites excluding steroid dienone is 2. The van der Waals surface area contributed by atoms with Crippen molar-refractivity contribution in [1.29, 1.82) is 0 Å². The molecular weight excluding hydrogens is 283 g/mol. The summed E-state index contributed by atoms with van der Waals surface area (Å²) in [4.78, 5) is 0. The average molecular weight is 304 g/mol. The summed E-state index contributed by atoms with van der Waals surface area (Å²) in [5.74, 6) is -0.200. The zero-order valence-corrected chi connectivity index (χ0v) is 13.9. The van der Waals surface area contributed by atoms with Crippen LogP contribution in [0.25, 0.3) is 27.5 Å². The van der Waals surface area contributed by atoms with Crippen molar-refractivity contribution in [3.63, 3.8) is 0 Å². The molecule has 0 nitrogen and oxygen atoms in total. The fourth-order valence-corrected chi connectivity index (χ4v) is 3.10. The van der Waals surface area contributed by atoms with E-state index in [2.05, 4.69) is 57.2 Å². The molecule has 0 saturated heterocycles. The van der Waals surface area contributed by atoms with Crippen LogP contribution in [0.15, 0.2) is 60.7 Å². The number of hydrogen-bond acceptors (Lipinski definition) is 0. The first-order valence-electron chi connectivity index (χ1n) is 8.06. The van der Waals surface area contributed by atoms with Gasteiger partial charge in [0, 0.05) is 0 Å². The quantitative estimate of drug-likeness (QED) is 0.501. The van der Waals surface area contributed by atoms with Gasteiger partial charge in [-0.1, -0.05) is 49.4 Å². The number of fused-ring (bicyclic) bond motifs is 1. The molecule has 23 heavy (non-hydrogen) atoms. The van der Waals surface area contributed by atoms with Gasteiger partial charge in [0.2, 0.25) is 0 Å². The Bertz CT molecular complexity index is 870. The largest absolute Gasteiger partial charge is 0.207 e. The SMILES string of the molecule is CC/C=C(/C)c1ccc2ccc(C)c(-c3ccc(F)cc3)c2c1. The van der Waals surface area contributed by atoms with Crippen molar-refractivity contribution in [2.24, 2.45) is 0 Å². The van der Waals surface area contributed by atoms with Crippen LogP contribution in [-0.2, 0) is 0 Å². The van der Waals surface area contributed by atoms with Gasteiger partial charge < -0.3 is 0 Å². The lowest BCUT2D eigenvalue weighted by atomic mass is 9.92. The highest BCUT2D eigenvalue weighted by Crippen LogP contribution is 2.33. The van der Waals surface area contributed by atoms with Crippen LogP contribution in [0.4, 0.5) is 4.39 Å². The molecule has 0 atom stereocenters. The van der Waals surface area contributed by atoms with Crippen LogP contribution in [0.1, 0.15) is 31.4 Å². The van der Waals surface area contributed by atoms with Gasteiger partial charge in [-0.2, -0.15) is 0 Å². The second-order valence-corrected chi connectivity index (χ2v) is 6.00. The van der Waals surface area contributed by atoms with E-state index in [1.54, 1.807) is 0 Å². The molecule has 0 bridgehead atoms. The van der Waals surface area contributed by atoms with Crippen molar-refractivity contribution in [3.8, 4) is 11.1 Å². The second-order valence-electron chi connectivity index (χ2n) is 6.00. The van der Waals surface area contributed by atoms with Crippen molar-refractivity contribution < 1.29 is 4.39 Å². The predicted molar refractivity (Wildman–Crippen MR) is 98.0 cm³/mol. The third-order valence-corrected chi connectivity index (χ3v) is 4.33. The van der Waals surface area contributed by atoms with E-state index in [1.165, 1.54) is 45.2 Å². The van der Waals surface area contributed by atoms with Crippen LogP contribution < -0.4 is 0 Å². The van der Waals surface area contributed by atoms with E-state index in [0.29, 0.717) is 0 Å². The predicted octanol–water partition coefficient (Wildman–Crippen LogP) is 6.77. The van der Waals surface area contributed by atoms with Crippen LogP contribution >= 0.6 is 0 Å². The lowest BCUT2D eigenvalue weighted by Crippen LogP contribution is -1.89. The normalized spacial score (nSPS) is 11.9. The van der Waals surface area contributed by atoms with Gasteiger partial charge in [-0.05, 0) is 77.1 Å². The summed E-state index contributed by atoms with van der Waals surface area (Å²) in [5, 5.41) is 2.43. The maximum Gasteiger partial charge on any atom is 0.123 e. The Kier molecular flexibility index (Phi) is 4.29. The molecule has 0 aromatic heterocycles. The monoisotopic (exact) mass is 304 g/mol. The fourth-order valence-electron chi connectivity index (χ4n) is 3.10. The number of benzene rings is 3. The van der Waals surface area contributed by atoms with Crippen molar-refractivity contribution >= 4 is 16.3 Å². The van der Waals surface area contributed by atoms with Crippen LogP contribution in [-0.4, -0.2) is 0 Å². The minimum atomic E-state index is -0.200. The van der Waals surface area contributed by atoms with Gasteiger partial charge in [-0.3, -0.25) is 0 Å². The molecule has 0 spiro atoms. The highest BCUT2D eigenvalue weighted by Gasteiger charge is 2.09. The maximum absolute atomic E-state index is 13.3. The standard InChI is InChI=1S/C22H21F/c1-4-5-15(2)19-9-8-17-7-6-16(3)22(21(17)14-19)18-10-12-20(23)13-11-18/h5-14H,4H2,1-3H3/b15-5-. The molecule has 0 fully saturated rings. The highest BCUT2D eigenvalue weighted by atomic mass is 19.1. The molecule has 0 heterocycles. The number of hydrogen-bond donors (Lipinski definition) is 0. The Morgan fingerprint density at radius 3 is 2.39 bits per heavy atom. The van der Waals surface area contributed by atoms with Gasteiger partial charge in [0.05, 0.1) is 0 Å². The molecule has 0 aliphatic rings. The molecule has 0 N–H and O–H groups in total. The Balaban J connectivity index is 2.27. The summed E-state index contributed by atoms with van der Waals surface area (Å²) >= 11 is 0. The van der Waals surface area contributed by atoms with E-state index in [9.17, 15) is 4.39 Å².